The van der Waals surface area contributed by atoms with Crippen molar-refractivity contribution in [1.29, 1.82) is 0 Å². The van der Waals surface area contributed by atoms with Crippen LogP contribution in [0.25, 0.3) is 0 Å². The summed E-state index contributed by atoms with van der Waals surface area (Å²) in [5, 5.41) is 8.99. The molecule has 3 rings (SSSR count). The van der Waals surface area contributed by atoms with Crippen LogP contribution in [0.4, 0.5) is 0 Å². The molecule has 0 saturated heterocycles. The molecule has 1 aromatic carbocycles. The SMILES string of the molecule is O=C(O)c1ccc2c(c1)Oc1ccc(=O)[nH]c1CC2. The second-order valence-electron chi connectivity index (χ2n) is 4.40. The average molecular weight is 257 g/mol. The third kappa shape index (κ3) is 2.10. The van der Waals surface area contributed by atoms with E-state index in [0.29, 0.717) is 24.3 Å². The summed E-state index contributed by atoms with van der Waals surface area (Å²) in [7, 11) is 0. The minimum atomic E-state index is -0.989. The normalized spacial score (nSPS) is 12.8. The van der Waals surface area contributed by atoms with Gasteiger partial charge in [0.2, 0.25) is 5.56 Å². The van der Waals surface area contributed by atoms with Crippen LogP contribution in [0, 0.1) is 0 Å². The molecule has 5 heteroatoms. The zero-order valence-corrected chi connectivity index (χ0v) is 9.97. The topological polar surface area (TPSA) is 79.4 Å². The molecule has 0 saturated carbocycles. The first-order valence-corrected chi connectivity index (χ1v) is 5.90. The van der Waals surface area contributed by atoms with Gasteiger partial charge in [0.25, 0.3) is 0 Å². The van der Waals surface area contributed by atoms with E-state index in [9.17, 15) is 9.59 Å². The highest BCUT2D eigenvalue weighted by atomic mass is 16.5. The van der Waals surface area contributed by atoms with E-state index in [1.54, 1.807) is 18.2 Å². The lowest BCUT2D eigenvalue weighted by molar-refractivity contribution is 0.0696. The number of aromatic amines is 1. The molecule has 0 unspecified atom stereocenters. The van der Waals surface area contributed by atoms with E-state index in [2.05, 4.69) is 4.98 Å². The molecule has 0 spiro atoms. The number of fused-ring (bicyclic) bond motifs is 2. The van der Waals surface area contributed by atoms with Crippen LogP contribution in [0.1, 0.15) is 21.6 Å². The molecule has 96 valence electrons. The molecule has 0 fully saturated rings. The number of hydrogen-bond donors (Lipinski definition) is 2. The number of hydrogen-bond acceptors (Lipinski definition) is 3. The fourth-order valence-corrected chi connectivity index (χ4v) is 2.15. The van der Waals surface area contributed by atoms with Crippen LogP contribution in [0.2, 0.25) is 0 Å². The Labute approximate surface area is 108 Å². The van der Waals surface area contributed by atoms with Crippen molar-refractivity contribution in [3.05, 3.63) is 57.5 Å². The molecule has 2 aromatic rings. The lowest BCUT2D eigenvalue weighted by Gasteiger charge is -2.08. The quantitative estimate of drug-likeness (QED) is 0.818. The number of nitrogens with one attached hydrogen (secondary N) is 1. The monoisotopic (exact) mass is 257 g/mol. The maximum absolute atomic E-state index is 11.3. The number of benzene rings is 1. The fourth-order valence-electron chi connectivity index (χ4n) is 2.15. The van der Waals surface area contributed by atoms with Crippen LogP contribution >= 0.6 is 0 Å². The van der Waals surface area contributed by atoms with E-state index in [0.717, 1.165) is 11.3 Å². The average Bonchev–Trinajstić information content (AvgIpc) is 2.56. The van der Waals surface area contributed by atoms with Gasteiger partial charge in [-0.2, -0.15) is 0 Å². The highest BCUT2D eigenvalue weighted by molar-refractivity contribution is 5.88. The first-order valence-electron chi connectivity index (χ1n) is 5.90. The van der Waals surface area contributed by atoms with Gasteiger partial charge in [0.05, 0.1) is 11.3 Å². The lowest BCUT2D eigenvalue weighted by atomic mass is 10.1. The van der Waals surface area contributed by atoms with Gasteiger partial charge in [-0.3, -0.25) is 4.79 Å². The van der Waals surface area contributed by atoms with Gasteiger partial charge in [-0.1, -0.05) is 6.07 Å². The van der Waals surface area contributed by atoms with Gasteiger partial charge in [0.15, 0.2) is 0 Å². The second-order valence-corrected chi connectivity index (χ2v) is 4.40. The number of pyridine rings is 1. The first kappa shape index (κ1) is 11.5. The first-order chi connectivity index (χ1) is 9.13. The lowest BCUT2D eigenvalue weighted by Crippen LogP contribution is -2.07. The molecule has 1 aliphatic heterocycles. The van der Waals surface area contributed by atoms with Gasteiger partial charge in [-0.15, -0.1) is 0 Å². The van der Waals surface area contributed by atoms with Crippen LogP contribution in [0.15, 0.2) is 35.1 Å². The zero-order chi connectivity index (χ0) is 13.4. The molecule has 1 aromatic heterocycles. The molecule has 19 heavy (non-hydrogen) atoms. The molecule has 1 aliphatic rings. The summed E-state index contributed by atoms with van der Waals surface area (Å²) < 4.78 is 5.71. The van der Waals surface area contributed by atoms with E-state index in [-0.39, 0.29) is 11.1 Å². The number of H-pyrrole nitrogens is 1. The maximum Gasteiger partial charge on any atom is 0.335 e. The van der Waals surface area contributed by atoms with E-state index >= 15 is 0 Å². The van der Waals surface area contributed by atoms with Crippen molar-refractivity contribution in [1.82, 2.24) is 4.98 Å². The third-order valence-electron chi connectivity index (χ3n) is 3.14. The molecule has 5 nitrogen and oxygen atoms in total. The Bertz CT molecular complexity index is 718. The standard InChI is InChI=1S/C14H11NO4/c16-13-6-5-11-10(15-13)4-3-8-1-2-9(14(17)18)7-12(8)19-11/h1-2,5-7H,3-4H2,(H,15,16)(H,17,18). The summed E-state index contributed by atoms with van der Waals surface area (Å²) in [6, 6.07) is 7.82. The number of carbonyl (C=O) groups is 1. The summed E-state index contributed by atoms with van der Waals surface area (Å²) in [5.41, 5.74) is 1.69. The van der Waals surface area contributed by atoms with Gasteiger partial charge in [-0.05, 0) is 36.6 Å². The fraction of sp³-hybridized carbons (Fsp3) is 0.143. The van der Waals surface area contributed by atoms with Gasteiger partial charge in [0.1, 0.15) is 11.5 Å². The second kappa shape index (κ2) is 4.28. The smallest absolute Gasteiger partial charge is 0.335 e. The maximum atomic E-state index is 11.3. The molecule has 2 heterocycles. The molecule has 0 aliphatic carbocycles. The van der Waals surface area contributed by atoms with Crippen molar-refractivity contribution in [2.75, 3.05) is 0 Å². The Morgan fingerprint density at radius 1 is 1.16 bits per heavy atom. The Hall–Kier alpha value is -2.56. The highest BCUT2D eigenvalue weighted by Crippen LogP contribution is 2.32. The van der Waals surface area contributed by atoms with Crippen LogP contribution in [-0.4, -0.2) is 16.1 Å². The predicted molar refractivity (Wildman–Crippen MR) is 67.9 cm³/mol. The third-order valence-corrected chi connectivity index (χ3v) is 3.14. The molecule has 0 atom stereocenters. The number of aromatic carboxylic acids is 1. The van der Waals surface area contributed by atoms with Crippen LogP contribution < -0.4 is 10.3 Å². The van der Waals surface area contributed by atoms with Crippen molar-refractivity contribution in [2.24, 2.45) is 0 Å². The Morgan fingerprint density at radius 3 is 2.79 bits per heavy atom. The minimum Gasteiger partial charge on any atom is -0.478 e. The number of aromatic nitrogens is 1. The van der Waals surface area contributed by atoms with Crippen molar-refractivity contribution < 1.29 is 14.6 Å². The molecule has 0 radical (unpaired) electrons. The van der Waals surface area contributed by atoms with Crippen molar-refractivity contribution in [3.8, 4) is 11.5 Å². The largest absolute Gasteiger partial charge is 0.478 e. The Morgan fingerprint density at radius 2 is 2.00 bits per heavy atom. The van der Waals surface area contributed by atoms with Crippen molar-refractivity contribution >= 4 is 5.97 Å². The van der Waals surface area contributed by atoms with E-state index in [1.807, 2.05) is 0 Å². The summed E-state index contributed by atoms with van der Waals surface area (Å²) in [6.45, 7) is 0. The molecular weight excluding hydrogens is 246 g/mol. The highest BCUT2D eigenvalue weighted by Gasteiger charge is 2.17. The van der Waals surface area contributed by atoms with Crippen LogP contribution in [0.3, 0.4) is 0 Å². The van der Waals surface area contributed by atoms with Crippen LogP contribution in [-0.2, 0) is 12.8 Å². The van der Waals surface area contributed by atoms with Crippen molar-refractivity contribution in [3.63, 3.8) is 0 Å². The number of ether oxygens (including phenoxy) is 1. The summed E-state index contributed by atoms with van der Waals surface area (Å²) in [4.78, 5) is 25.0. The molecule has 2 N–H and O–H groups in total. The van der Waals surface area contributed by atoms with E-state index < -0.39 is 5.97 Å². The Balaban J connectivity index is 2.08. The minimum absolute atomic E-state index is 0.167. The number of carboxylic acids is 1. The number of rotatable bonds is 1. The van der Waals surface area contributed by atoms with Crippen LogP contribution in [0.5, 0.6) is 11.5 Å². The predicted octanol–water partition coefficient (Wildman–Crippen LogP) is 1.96. The molecule has 0 bridgehead atoms. The summed E-state index contributed by atoms with van der Waals surface area (Å²) in [6.07, 6.45) is 1.35. The van der Waals surface area contributed by atoms with E-state index in [1.165, 1.54) is 12.1 Å². The van der Waals surface area contributed by atoms with E-state index in [4.69, 9.17) is 9.84 Å². The Kier molecular flexibility index (Phi) is 2.59. The van der Waals surface area contributed by atoms with Crippen molar-refractivity contribution in [2.45, 2.75) is 12.8 Å². The number of carboxylic acid groups (broad SMARTS) is 1. The van der Waals surface area contributed by atoms with Gasteiger partial charge in [-0.25, -0.2) is 4.79 Å². The molecule has 0 amide bonds. The number of aryl methyl sites for hydroxylation is 2. The van der Waals surface area contributed by atoms with Gasteiger partial charge in [0, 0.05) is 6.07 Å². The summed E-state index contributed by atoms with van der Waals surface area (Å²) >= 11 is 0. The van der Waals surface area contributed by atoms with Gasteiger partial charge >= 0.3 is 5.97 Å². The molecular formula is C14H11NO4. The zero-order valence-electron chi connectivity index (χ0n) is 9.97. The van der Waals surface area contributed by atoms with Gasteiger partial charge < -0.3 is 14.8 Å². The summed E-state index contributed by atoms with van der Waals surface area (Å²) in [5.74, 6) is 0.115.